The minimum atomic E-state index is -0.533. The number of benzene rings is 2. The zero-order valence-corrected chi connectivity index (χ0v) is 14.0. The Morgan fingerprint density at radius 1 is 1.09 bits per heavy atom. The van der Waals surface area contributed by atoms with Crippen LogP contribution in [0.2, 0.25) is 5.02 Å². The molecule has 0 unspecified atom stereocenters. The van der Waals surface area contributed by atoms with E-state index in [1.54, 1.807) is 31.4 Å². The number of hydrogen-bond acceptors (Lipinski definition) is 3. The van der Waals surface area contributed by atoms with E-state index < -0.39 is 6.10 Å². The van der Waals surface area contributed by atoms with Crippen LogP contribution in [0.15, 0.2) is 48.5 Å². The fraction of sp³-hybridized carbons (Fsp3) is 0.278. The van der Waals surface area contributed by atoms with Gasteiger partial charge in [0.15, 0.2) is 6.10 Å². The molecule has 0 saturated heterocycles. The third-order valence-electron chi connectivity index (χ3n) is 3.38. The third kappa shape index (κ3) is 5.18. The first-order chi connectivity index (χ1) is 11.1. The largest absolute Gasteiger partial charge is 0.497 e. The Morgan fingerprint density at radius 2 is 1.70 bits per heavy atom. The summed E-state index contributed by atoms with van der Waals surface area (Å²) in [5, 5.41) is 3.52. The Hall–Kier alpha value is -2.20. The SMILES string of the molecule is CC[C@@H](Oc1ccc(Cl)cc1)C(=O)NCc1ccc(OC)cc1. The van der Waals surface area contributed by atoms with E-state index in [0.29, 0.717) is 23.7 Å². The minimum Gasteiger partial charge on any atom is -0.497 e. The Morgan fingerprint density at radius 3 is 2.26 bits per heavy atom. The van der Waals surface area contributed by atoms with Crippen LogP contribution in [0.1, 0.15) is 18.9 Å². The van der Waals surface area contributed by atoms with Crippen molar-refractivity contribution in [1.29, 1.82) is 0 Å². The second-order valence-electron chi connectivity index (χ2n) is 5.03. The fourth-order valence-corrected chi connectivity index (χ4v) is 2.17. The van der Waals surface area contributed by atoms with Gasteiger partial charge in [0, 0.05) is 11.6 Å². The van der Waals surface area contributed by atoms with Gasteiger partial charge in [-0.1, -0.05) is 30.7 Å². The lowest BCUT2D eigenvalue weighted by atomic mass is 10.2. The van der Waals surface area contributed by atoms with Gasteiger partial charge in [0.2, 0.25) is 0 Å². The van der Waals surface area contributed by atoms with E-state index in [4.69, 9.17) is 21.1 Å². The molecule has 1 amide bonds. The summed E-state index contributed by atoms with van der Waals surface area (Å²) in [6, 6.07) is 14.5. The van der Waals surface area contributed by atoms with Crippen molar-refractivity contribution in [2.24, 2.45) is 0 Å². The maximum Gasteiger partial charge on any atom is 0.261 e. The van der Waals surface area contributed by atoms with Gasteiger partial charge < -0.3 is 14.8 Å². The van der Waals surface area contributed by atoms with Crippen LogP contribution in [0.5, 0.6) is 11.5 Å². The van der Waals surface area contributed by atoms with Crippen molar-refractivity contribution in [1.82, 2.24) is 5.32 Å². The molecule has 1 N–H and O–H groups in total. The second-order valence-corrected chi connectivity index (χ2v) is 5.47. The lowest BCUT2D eigenvalue weighted by molar-refractivity contribution is -0.128. The van der Waals surface area contributed by atoms with Crippen molar-refractivity contribution in [2.45, 2.75) is 26.0 Å². The summed E-state index contributed by atoms with van der Waals surface area (Å²) in [5.74, 6) is 1.27. The van der Waals surface area contributed by atoms with Crippen molar-refractivity contribution in [2.75, 3.05) is 7.11 Å². The molecule has 0 aromatic heterocycles. The van der Waals surface area contributed by atoms with Crippen molar-refractivity contribution in [3.8, 4) is 11.5 Å². The Balaban J connectivity index is 1.90. The van der Waals surface area contributed by atoms with Gasteiger partial charge in [0.1, 0.15) is 11.5 Å². The monoisotopic (exact) mass is 333 g/mol. The molecule has 23 heavy (non-hydrogen) atoms. The number of hydrogen-bond donors (Lipinski definition) is 1. The summed E-state index contributed by atoms with van der Waals surface area (Å²) in [5.41, 5.74) is 1.00. The average molecular weight is 334 g/mol. The Bertz CT molecular complexity index is 626. The predicted molar refractivity (Wildman–Crippen MR) is 91.0 cm³/mol. The molecule has 0 saturated carbocycles. The number of carbonyl (C=O) groups is 1. The second kappa shape index (κ2) is 8.44. The highest BCUT2D eigenvalue weighted by Gasteiger charge is 2.17. The van der Waals surface area contributed by atoms with Gasteiger partial charge in [0.25, 0.3) is 5.91 Å². The molecule has 0 bridgehead atoms. The van der Waals surface area contributed by atoms with Crippen LogP contribution in [-0.4, -0.2) is 19.1 Å². The van der Waals surface area contributed by atoms with Gasteiger partial charge in [-0.05, 0) is 48.4 Å². The van der Waals surface area contributed by atoms with E-state index >= 15 is 0 Å². The van der Waals surface area contributed by atoms with E-state index in [9.17, 15) is 4.79 Å². The van der Waals surface area contributed by atoms with E-state index in [-0.39, 0.29) is 5.91 Å². The summed E-state index contributed by atoms with van der Waals surface area (Å²) in [6.45, 7) is 2.36. The molecular formula is C18H20ClNO3. The first-order valence-corrected chi connectivity index (χ1v) is 7.83. The van der Waals surface area contributed by atoms with Gasteiger partial charge in [-0.15, -0.1) is 0 Å². The van der Waals surface area contributed by atoms with Crippen molar-refractivity contribution >= 4 is 17.5 Å². The molecule has 0 fully saturated rings. The summed E-state index contributed by atoms with van der Waals surface area (Å²) < 4.78 is 10.8. The summed E-state index contributed by atoms with van der Waals surface area (Å²) in [6.07, 6.45) is 0.0475. The van der Waals surface area contributed by atoms with Gasteiger partial charge in [0.05, 0.1) is 7.11 Å². The fourth-order valence-electron chi connectivity index (χ4n) is 2.05. The maximum absolute atomic E-state index is 12.3. The van der Waals surface area contributed by atoms with Gasteiger partial charge in [-0.25, -0.2) is 0 Å². The van der Waals surface area contributed by atoms with Gasteiger partial charge in [-0.2, -0.15) is 0 Å². The van der Waals surface area contributed by atoms with Crippen molar-refractivity contribution in [3.05, 3.63) is 59.1 Å². The highest BCUT2D eigenvalue weighted by molar-refractivity contribution is 6.30. The molecule has 0 aliphatic heterocycles. The number of rotatable bonds is 7. The van der Waals surface area contributed by atoms with Gasteiger partial charge >= 0.3 is 0 Å². The number of methoxy groups -OCH3 is 1. The zero-order valence-electron chi connectivity index (χ0n) is 13.2. The molecule has 0 aliphatic rings. The van der Waals surface area contributed by atoms with Crippen LogP contribution in [-0.2, 0) is 11.3 Å². The quantitative estimate of drug-likeness (QED) is 0.837. The normalized spacial score (nSPS) is 11.6. The smallest absolute Gasteiger partial charge is 0.261 e. The molecule has 2 aromatic carbocycles. The van der Waals surface area contributed by atoms with Crippen molar-refractivity contribution < 1.29 is 14.3 Å². The van der Waals surface area contributed by atoms with E-state index in [1.165, 1.54) is 0 Å². The topological polar surface area (TPSA) is 47.6 Å². The Kier molecular flexibility index (Phi) is 6.29. The number of nitrogens with one attached hydrogen (secondary N) is 1. The van der Waals surface area contributed by atoms with Crippen LogP contribution in [0.3, 0.4) is 0 Å². The molecule has 122 valence electrons. The Labute approximate surface area is 141 Å². The zero-order chi connectivity index (χ0) is 16.7. The van der Waals surface area contributed by atoms with Crippen LogP contribution in [0.25, 0.3) is 0 Å². The predicted octanol–water partition coefficient (Wildman–Crippen LogP) is 3.82. The van der Waals surface area contributed by atoms with Crippen LogP contribution in [0, 0.1) is 0 Å². The van der Waals surface area contributed by atoms with Crippen molar-refractivity contribution in [3.63, 3.8) is 0 Å². The molecule has 1 atom stereocenters. The first-order valence-electron chi connectivity index (χ1n) is 7.45. The number of halogens is 1. The molecule has 5 heteroatoms. The maximum atomic E-state index is 12.3. The van der Waals surface area contributed by atoms with E-state index in [1.807, 2.05) is 31.2 Å². The molecule has 2 aromatic rings. The number of carbonyl (C=O) groups excluding carboxylic acids is 1. The highest BCUT2D eigenvalue weighted by Crippen LogP contribution is 2.18. The van der Waals surface area contributed by atoms with E-state index in [0.717, 1.165) is 11.3 Å². The number of amides is 1. The first kappa shape index (κ1) is 17.2. The summed E-state index contributed by atoms with van der Waals surface area (Å²) >= 11 is 5.84. The summed E-state index contributed by atoms with van der Waals surface area (Å²) in [7, 11) is 1.62. The van der Waals surface area contributed by atoms with Crippen LogP contribution < -0.4 is 14.8 Å². The molecule has 0 spiro atoms. The van der Waals surface area contributed by atoms with Crippen LogP contribution in [0.4, 0.5) is 0 Å². The standard InChI is InChI=1S/C18H20ClNO3/c1-3-17(23-16-10-6-14(19)7-11-16)18(21)20-12-13-4-8-15(22-2)9-5-13/h4-11,17H,3,12H2,1-2H3,(H,20,21)/t17-/m1/s1. The van der Waals surface area contributed by atoms with E-state index in [2.05, 4.69) is 5.32 Å². The molecular weight excluding hydrogens is 314 g/mol. The third-order valence-corrected chi connectivity index (χ3v) is 3.63. The lowest BCUT2D eigenvalue weighted by Gasteiger charge is -2.17. The van der Waals surface area contributed by atoms with Crippen LogP contribution >= 0.6 is 11.6 Å². The molecule has 0 radical (unpaired) electrons. The molecule has 2 rings (SSSR count). The molecule has 4 nitrogen and oxygen atoms in total. The molecule has 0 heterocycles. The lowest BCUT2D eigenvalue weighted by Crippen LogP contribution is -2.37. The average Bonchev–Trinajstić information content (AvgIpc) is 2.59. The minimum absolute atomic E-state index is 0.140. The highest BCUT2D eigenvalue weighted by atomic mass is 35.5. The summed E-state index contributed by atoms with van der Waals surface area (Å²) in [4.78, 5) is 12.3. The molecule has 0 aliphatic carbocycles. The number of ether oxygens (including phenoxy) is 2. The van der Waals surface area contributed by atoms with Gasteiger partial charge in [-0.3, -0.25) is 4.79 Å².